The number of nitrogens with zero attached hydrogens (tertiary/aromatic N) is 2. The number of alkyl halides is 1. The van der Waals surface area contributed by atoms with Gasteiger partial charge in [0.2, 0.25) is 0 Å². The Labute approximate surface area is 154 Å². The fourth-order valence-corrected chi connectivity index (χ4v) is 2.96. The van der Waals surface area contributed by atoms with Gasteiger partial charge in [0.1, 0.15) is 5.60 Å². The van der Waals surface area contributed by atoms with Crippen molar-refractivity contribution in [3.63, 3.8) is 0 Å². The van der Waals surface area contributed by atoms with E-state index in [2.05, 4.69) is 20.9 Å². The Morgan fingerprint density at radius 2 is 2.04 bits per heavy atom. The summed E-state index contributed by atoms with van der Waals surface area (Å²) in [7, 11) is 1.52. The minimum Gasteiger partial charge on any atom is -0.461 e. The number of thiazole rings is 1. The van der Waals surface area contributed by atoms with Crippen LogP contribution in [0.5, 0.6) is 0 Å². The summed E-state index contributed by atoms with van der Waals surface area (Å²) in [5.41, 5.74) is -0.520. The number of hydrogen-bond acceptors (Lipinski definition) is 7. The van der Waals surface area contributed by atoms with E-state index >= 15 is 0 Å². The standard InChI is InChI=1S/C15H23BrN2O5S/c1-6-22-12(20)11-10(7-9(19)8-16)24-13(17-11)18(5)14(21)23-15(2,3)4/h9,19H,6-8H2,1-5H3. The molecule has 1 unspecified atom stereocenters. The van der Waals surface area contributed by atoms with Crippen LogP contribution in [0.15, 0.2) is 0 Å². The lowest BCUT2D eigenvalue weighted by molar-refractivity contribution is 0.0515. The predicted octanol–water partition coefficient (Wildman–Crippen LogP) is 2.99. The number of carbonyl (C=O) groups excluding carboxylic acids is 2. The number of hydrogen-bond donors (Lipinski definition) is 1. The number of carbonyl (C=O) groups is 2. The molecule has 0 aliphatic carbocycles. The zero-order valence-corrected chi connectivity index (χ0v) is 16.9. The van der Waals surface area contributed by atoms with Crippen molar-refractivity contribution in [2.75, 3.05) is 23.9 Å². The van der Waals surface area contributed by atoms with E-state index in [0.29, 0.717) is 15.3 Å². The van der Waals surface area contributed by atoms with E-state index in [1.54, 1.807) is 27.7 Å². The van der Waals surface area contributed by atoms with Crippen LogP contribution in [0.1, 0.15) is 43.1 Å². The Balaban J connectivity index is 3.09. The van der Waals surface area contributed by atoms with Crippen molar-refractivity contribution >= 4 is 44.5 Å². The molecule has 24 heavy (non-hydrogen) atoms. The summed E-state index contributed by atoms with van der Waals surface area (Å²) < 4.78 is 10.3. The van der Waals surface area contributed by atoms with Gasteiger partial charge in [0.25, 0.3) is 0 Å². The fourth-order valence-electron chi connectivity index (χ4n) is 1.66. The lowest BCUT2D eigenvalue weighted by Crippen LogP contribution is -2.34. The van der Waals surface area contributed by atoms with Crippen molar-refractivity contribution in [3.05, 3.63) is 10.6 Å². The van der Waals surface area contributed by atoms with Gasteiger partial charge in [-0.15, -0.1) is 11.3 Å². The SMILES string of the molecule is CCOC(=O)c1nc(N(C)C(=O)OC(C)(C)C)sc1CC(O)CBr. The average molecular weight is 423 g/mol. The molecule has 0 saturated carbocycles. The molecule has 0 fully saturated rings. The number of ether oxygens (including phenoxy) is 2. The van der Waals surface area contributed by atoms with Crippen LogP contribution in [-0.2, 0) is 15.9 Å². The third kappa shape index (κ3) is 6.03. The molecular weight excluding hydrogens is 400 g/mol. The molecule has 1 atom stereocenters. The largest absolute Gasteiger partial charge is 0.461 e. The summed E-state index contributed by atoms with van der Waals surface area (Å²) in [5, 5.41) is 10.5. The van der Waals surface area contributed by atoms with E-state index in [1.165, 1.54) is 11.9 Å². The van der Waals surface area contributed by atoms with E-state index in [9.17, 15) is 14.7 Å². The molecule has 0 aliphatic heterocycles. The van der Waals surface area contributed by atoms with Gasteiger partial charge in [0.15, 0.2) is 10.8 Å². The molecular formula is C15H23BrN2O5S. The summed E-state index contributed by atoms with van der Waals surface area (Å²) in [6.07, 6.45) is -1.00. The molecule has 9 heteroatoms. The van der Waals surface area contributed by atoms with Crippen LogP contribution in [0, 0.1) is 0 Å². The Morgan fingerprint density at radius 3 is 2.54 bits per heavy atom. The molecule has 0 radical (unpaired) electrons. The maximum atomic E-state index is 12.2. The quantitative estimate of drug-likeness (QED) is 0.559. The second-order valence-electron chi connectivity index (χ2n) is 6.04. The molecule has 1 heterocycles. The molecule has 136 valence electrons. The Bertz CT molecular complexity index is 585. The highest BCUT2D eigenvalue weighted by Crippen LogP contribution is 2.29. The van der Waals surface area contributed by atoms with Crippen molar-refractivity contribution in [1.82, 2.24) is 4.98 Å². The van der Waals surface area contributed by atoms with Gasteiger partial charge in [-0.05, 0) is 27.7 Å². The monoisotopic (exact) mass is 422 g/mol. The minimum atomic E-state index is -0.668. The van der Waals surface area contributed by atoms with Crippen molar-refractivity contribution in [2.24, 2.45) is 0 Å². The van der Waals surface area contributed by atoms with Gasteiger partial charge >= 0.3 is 12.1 Å². The lowest BCUT2D eigenvalue weighted by Gasteiger charge is -2.23. The first-order valence-corrected chi connectivity index (χ1v) is 9.40. The molecule has 1 aromatic heterocycles. The van der Waals surface area contributed by atoms with Gasteiger partial charge < -0.3 is 14.6 Å². The second-order valence-corrected chi connectivity index (χ2v) is 7.75. The highest BCUT2D eigenvalue weighted by Gasteiger charge is 2.27. The normalized spacial score (nSPS) is 12.6. The van der Waals surface area contributed by atoms with Gasteiger partial charge in [0.05, 0.1) is 12.7 Å². The topological polar surface area (TPSA) is 89.0 Å². The van der Waals surface area contributed by atoms with E-state index in [0.717, 1.165) is 11.3 Å². The molecule has 0 bridgehead atoms. The van der Waals surface area contributed by atoms with E-state index in [-0.39, 0.29) is 18.7 Å². The molecule has 1 amide bonds. The predicted molar refractivity (Wildman–Crippen MR) is 96.2 cm³/mol. The first-order valence-electron chi connectivity index (χ1n) is 7.46. The molecule has 1 aromatic rings. The molecule has 0 saturated heterocycles. The van der Waals surface area contributed by atoms with Crippen molar-refractivity contribution < 1.29 is 24.2 Å². The minimum absolute atomic E-state index is 0.118. The Kier molecular flexibility index (Phi) is 7.62. The number of anilines is 1. The highest BCUT2D eigenvalue weighted by molar-refractivity contribution is 9.09. The van der Waals surface area contributed by atoms with Crippen LogP contribution in [-0.4, -0.2) is 52.8 Å². The van der Waals surface area contributed by atoms with Crippen molar-refractivity contribution in [2.45, 2.75) is 45.8 Å². The molecule has 7 nitrogen and oxygen atoms in total. The van der Waals surface area contributed by atoms with Gasteiger partial charge in [-0.3, -0.25) is 4.90 Å². The number of aromatic nitrogens is 1. The Hall–Kier alpha value is -1.19. The fraction of sp³-hybridized carbons (Fsp3) is 0.667. The van der Waals surface area contributed by atoms with Gasteiger partial charge in [0, 0.05) is 23.7 Å². The number of esters is 1. The summed E-state index contributed by atoms with van der Waals surface area (Å²) in [4.78, 5) is 30.2. The number of aliphatic hydroxyl groups excluding tert-OH is 1. The van der Waals surface area contributed by atoms with Crippen LogP contribution in [0.2, 0.25) is 0 Å². The van der Waals surface area contributed by atoms with Gasteiger partial charge in [-0.1, -0.05) is 15.9 Å². The van der Waals surface area contributed by atoms with E-state index < -0.39 is 23.8 Å². The maximum absolute atomic E-state index is 12.2. The van der Waals surface area contributed by atoms with Crippen LogP contribution < -0.4 is 4.90 Å². The van der Waals surface area contributed by atoms with Gasteiger partial charge in [-0.25, -0.2) is 14.6 Å². The first-order chi connectivity index (χ1) is 11.1. The summed E-state index contributed by atoms with van der Waals surface area (Å²) in [6, 6.07) is 0. The lowest BCUT2D eigenvalue weighted by atomic mass is 10.2. The third-order valence-corrected chi connectivity index (χ3v) is 4.61. The molecule has 0 aliphatic rings. The van der Waals surface area contributed by atoms with Gasteiger partial charge in [-0.2, -0.15) is 0 Å². The smallest absolute Gasteiger partial charge is 0.416 e. The molecule has 0 spiro atoms. The van der Waals surface area contributed by atoms with Crippen LogP contribution >= 0.6 is 27.3 Å². The second kappa shape index (κ2) is 8.77. The summed E-state index contributed by atoms with van der Waals surface area (Å²) in [6.45, 7) is 7.21. The molecule has 1 N–H and O–H groups in total. The molecule has 0 aromatic carbocycles. The van der Waals surface area contributed by atoms with E-state index in [1.807, 2.05) is 0 Å². The molecule has 1 rings (SSSR count). The average Bonchev–Trinajstić information content (AvgIpc) is 2.88. The third-order valence-electron chi connectivity index (χ3n) is 2.71. The zero-order chi connectivity index (χ0) is 18.5. The Morgan fingerprint density at radius 1 is 1.42 bits per heavy atom. The van der Waals surface area contributed by atoms with Crippen LogP contribution in [0.4, 0.5) is 9.93 Å². The number of amides is 1. The number of halogens is 1. The highest BCUT2D eigenvalue weighted by atomic mass is 79.9. The maximum Gasteiger partial charge on any atom is 0.416 e. The summed E-state index contributed by atoms with van der Waals surface area (Å²) in [5.74, 6) is -0.575. The van der Waals surface area contributed by atoms with E-state index in [4.69, 9.17) is 9.47 Å². The van der Waals surface area contributed by atoms with Crippen LogP contribution in [0.3, 0.4) is 0 Å². The number of rotatable bonds is 6. The van der Waals surface area contributed by atoms with Crippen molar-refractivity contribution in [3.8, 4) is 0 Å². The summed E-state index contributed by atoms with van der Waals surface area (Å²) >= 11 is 4.34. The number of aliphatic hydroxyl groups is 1. The van der Waals surface area contributed by atoms with Crippen LogP contribution in [0.25, 0.3) is 0 Å². The zero-order valence-electron chi connectivity index (χ0n) is 14.5. The first kappa shape index (κ1) is 20.9. The van der Waals surface area contributed by atoms with Crippen molar-refractivity contribution in [1.29, 1.82) is 0 Å².